The molecule has 2 aromatic rings. The summed E-state index contributed by atoms with van der Waals surface area (Å²) in [6.07, 6.45) is 2.14. The topological polar surface area (TPSA) is 89.4 Å². The maximum atomic E-state index is 13.3. The van der Waals surface area contributed by atoms with Crippen molar-refractivity contribution in [1.82, 2.24) is 5.32 Å². The van der Waals surface area contributed by atoms with Crippen molar-refractivity contribution in [1.29, 1.82) is 0 Å². The Kier molecular flexibility index (Phi) is 7.89. The summed E-state index contributed by atoms with van der Waals surface area (Å²) in [6, 6.07) is 14.9. The zero-order chi connectivity index (χ0) is 23.0. The van der Waals surface area contributed by atoms with Crippen LogP contribution in [0.3, 0.4) is 0 Å². The van der Waals surface area contributed by atoms with Gasteiger partial charge in [0.05, 0.1) is 13.7 Å². The van der Waals surface area contributed by atoms with Crippen molar-refractivity contribution in [3.8, 4) is 11.5 Å². The second-order valence-corrected chi connectivity index (χ2v) is 7.54. The number of nitrogens with one attached hydrogen (secondary N) is 1. The van der Waals surface area contributed by atoms with E-state index in [1.54, 1.807) is 13.2 Å². The molecule has 3 rings (SSSR count). The van der Waals surface area contributed by atoms with Crippen molar-refractivity contribution in [2.45, 2.75) is 38.0 Å². The monoisotopic (exact) mass is 438 g/mol. The molecule has 7 nitrogen and oxygen atoms in total. The second-order valence-electron chi connectivity index (χ2n) is 7.54. The molecule has 0 aliphatic carbocycles. The first-order valence-electron chi connectivity index (χ1n) is 10.7. The van der Waals surface area contributed by atoms with Gasteiger partial charge in [-0.3, -0.25) is 4.79 Å². The van der Waals surface area contributed by atoms with E-state index in [9.17, 15) is 4.79 Å². The quantitative estimate of drug-likeness (QED) is 0.415. The fraction of sp³-hybridized carbons (Fsp3) is 0.360. The summed E-state index contributed by atoms with van der Waals surface area (Å²) in [5, 5.41) is 11.9. The molecule has 2 aromatic carbocycles. The van der Waals surface area contributed by atoms with Crippen LogP contribution in [0.25, 0.3) is 0 Å². The molecule has 0 fully saturated rings. The Bertz CT molecular complexity index is 957. The van der Waals surface area contributed by atoms with Crippen LogP contribution in [0.2, 0.25) is 0 Å². The highest BCUT2D eigenvalue weighted by molar-refractivity contribution is 6.00. The molecular weight excluding hydrogens is 408 g/mol. The fourth-order valence-corrected chi connectivity index (χ4v) is 3.58. The average molecular weight is 439 g/mol. The summed E-state index contributed by atoms with van der Waals surface area (Å²) in [4.78, 5) is 18.0. The Morgan fingerprint density at radius 1 is 1.28 bits per heavy atom. The number of carbonyl (C=O) groups excluding carboxylic acids is 1. The van der Waals surface area contributed by atoms with Crippen molar-refractivity contribution in [2.75, 3.05) is 20.3 Å². The fourth-order valence-electron chi connectivity index (χ4n) is 3.58. The minimum Gasteiger partial charge on any atom is -0.496 e. The summed E-state index contributed by atoms with van der Waals surface area (Å²) < 4.78 is 17.0. The van der Waals surface area contributed by atoms with Crippen LogP contribution in [-0.2, 0) is 16.1 Å². The van der Waals surface area contributed by atoms with Crippen LogP contribution >= 0.6 is 0 Å². The van der Waals surface area contributed by atoms with E-state index in [2.05, 4.69) is 11.9 Å². The standard InChI is InChI=1S/C25H30N2O5/c1-4-14-25(24(29)26-17-20-8-5-6-9-22(20)30-3)18(2)32-23(27-25)19-10-12-21(13-11-19)31-16-7-15-28/h4-6,8-13,18,28H,1,7,14-17H2,2-3H3,(H,26,29)/t18-,25-/m1/s1. The Morgan fingerprint density at radius 2 is 2.03 bits per heavy atom. The van der Waals surface area contributed by atoms with Crippen molar-refractivity contribution in [3.63, 3.8) is 0 Å². The lowest BCUT2D eigenvalue weighted by molar-refractivity contribution is -0.128. The molecule has 0 unspecified atom stereocenters. The third-order valence-electron chi connectivity index (χ3n) is 5.42. The highest BCUT2D eigenvalue weighted by Crippen LogP contribution is 2.33. The number of para-hydroxylation sites is 1. The minimum atomic E-state index is -1.10. The van der Waals surface area contributed by atoms with E-state index in [1.807, 2.05) is 55.5 Å². The van der Waals surface area contributed by atoms with Crippen LogP contribution in [0.15, 0.2) is 66.2 Å². The molecule has 32 heavy (non-hydrogen) atoms. The number of benzene rings is 2. The molecule has 0 saturated heterocycles. The largest absolute Gasteiger partial charge is 0.496 e. The summed E-state index contributed by atoms with van der Waals surface area (Å²) in [7, 11) is 1.60. The van der Waals surface area contributed by atoms with E-state index in [1.165, 1.54) is 0 Å². The predicted molar refractivity (Wildman–Crippen MR) is 123 cm³/mol. The lowest BCUT2D eigenvalue weighted by atomic mass is 9.89. The van der Waals surface area contributed by atoms with Crippen LogP contribution in [-0.4, -0.2) is 48.9 Å². The van der Waals surface area contributed by atoms with Gasteiger partial charge in [0.15, 0.2) is 5.54 Å². The van der Waals surface area contributed by atoms with Gasteiger partial charge in [0.2, 0.25) is 5.90 Å². The number of methoxy groups -OCH3 is 1. The summed E-state index contributed by atoms with van der Waals surface area (Å²) >= 11 is 0. The first kappa shape index (κ1) is 23.3. The number of ether oxygens (including phenoxy) is 3. The van der Waals surface area contributed by atoms with Crippen LogP contribution in [0.5, 0.6) is 11.5 Å². The zero-order valence-electron chi connectivity index (χ0n) is 18.5. The van der Waals surface area contributed by atoms with Crippen molar-refractivity contribution in [2.24, 2.45) is 4.99 Å². The number of carbonyl (C=O) groups is 1. The van der Waals surface area contributed by atoms with Gasteiger partial charge in [-0.25, -0.2) is 4.99 Å². The number of amides is 1. The molecule has 7 heteroatoms. The number of nitrogens with zero attached hydrogens (tertiary/aromatic N) is 1. The summed E-state index contributed by atoms with van der Waals surface area (Å²) in [6.45, 7) is 6.51. The number of aliphatic hydroxyl groups is 1. The Hall–Kier alpha value is -3.32. The average Bonchev–Trinajstić information content (AvgIpc) is 3.15. The normalized spacial score (nSPS) is 19.6. The second kappa shape index (κ2) is 10.8. The molecule has 0 spiro atoms. The number of hydrogen-bond acceptors (Lipinski definition) is 6. The molecular formula is C25H30N2O5. The number of hydrogen-bond donors (Lipinski definition) is 2. The van der Waals surface area contributed by atoms with Gasteiger partial charge in [0.25, 0.3) is 5.91 Å². The van der Waals surface area contributed by atoms with Gasteiger partial charge in [0, 0.05) is 37.1 Å². The molecule has 0 aromatic heterocycles. The number of aliphatic hydroxyl groups excluding tert-OH is 1. The van der Waals surface area contributed by atoms with Gasteiger partial charge < -0.3 is 24.6 Å². The Balaban J connectivity index is 1.77. The predicted octanol–water partition coefficient (Wildman–Crippen LogP) is 3.25. The molecule has 1 aliphatic heterocycles. The van der Waals surface area contributed by atoms with Crippen LogP contribution in [0.4, 0.5) is 0 Å². The van der Waals surface area contributed by atoms with Gasteiger partial charge in [-0.05, 0) is 37.3 Å². The highest BCUT2D eigenvalue weighted by atomic mass is 16.5. The van der Waals surface area contributed by atoms with Gasteiger partial charge in [-0.2, -0.15) is 0 Å². The molecule has 0 bridgehead atoms. The highest BCUT2D eigenvalue weighted by Gasteiger charge is 2.49. The summed E-state index contributed by atoms with van der Waals surface area (Å²) in [5.41, 5.74) is 0.537. The Morgan fingerprint density at radius 3 is 2.72 bits per heavy atom. The summed E-state index contributed by atoms with van der Waals surface area (Å²) in [5.74, 6) is 1.59. The third-order valence-corrected chi connectivity index (χ3v) is 5.42. The number of aliphatic imine (C=N–C) groups is 1. The lowest BCUT2D eigenvalue weighted by Gasteiger charge is -2.27. The molecule has 170 valence electrons. The smallest absolute Gasteiger partial charge is 0.252 e. The van der Waals surface area contributed by atoms with E-state index in [0.29, 0.717) is 43.4 Å². The third kappa shape index (κ3) is 5.11. The minimum absolute atomic E-state index is 0.0884. The molecule has 0 radical (unpaired) electrons. The maximum absolute atomic E-state index is 13.3. The number of rotatable bonds is 11. The van der Waals surface area contributed by atoms with Crippen LogP contribution < -0.4 is 14.8 Å². The van der Waals surface area contributed by atoms with E-state index in [-0.39, 0.29) is 12.5 Å². The van der Waals surface area contributed by atoms with Gasteiger partial charge in [-0.1, -0.05) is 24.3 Å². The lowest BCUT2D eigenvalue weighted by Crippen LogP contribution is -2.50. The first-order chi connectivity index (χ1) is 15.5. The van der Waals surface area contributed by atoms with Crippen molar-refractivity contribution >= 4 is 11.8 Å². The van der Waals surface area contributed by atoms with E-state index >= 15 is 0 Å². The van der Waals surface area contributed by atoms with Crippen LogP contribution in [0, 0.1) is 0 Å². The molecule has 2 atom stereocenters. The molecule has 1 aliphatic rings. The van der Waals surface area contributed by atoms with Gasteiger partial charge >= 0.3 is 0 Å². The molecule has 0 saturated carbocycles. The Labute approximate surface area is 188 Å². The molecule has 2 N–H and O–H groups in total. The van der Waals surface area contributed by atoms with E-state index in [0.717, 1.165) is 11.1 Å². The maximum Gasteiger partial charge on any atom is 0.252 e. The van der Waals surface area contributed by atoms with E-state index in [4.69, 9.17) is 24.3 Å². The van der Waals surface area contributed by atoms with Crippen LogP contribution in [0.1, 0.15) is 30.9 Å². The van der Waals surface area contributed by atoms with Crippen molar-refractivity contribution in [3.05, 3.63) is 72.3 Å². The van der Waals surface area contributed by atoms with Crippen molar-refractivity contribution < 1.29 is 24.1 Å². The zero-order valence-corrected chi connectivity index (χ0v) is 18.5. The molecule has 1 heterocycles. The van der Waals surface area contributed by atoms with Gasteiger partial charge in [-0.15, -0.1) is 6.58 Å². The SMILES string of the molecule is C=CC[C@@]1(C(=O)NCc2ccccc2OC)N=C(c2ccc(OCCCO)cc2)O[C@@H]1C. The molecule has 1 amide bonds. The van der Waals surface area contributed by atoms with E-state index < -0.39 is 11.6 Å². The van der Waals surface area contributed by atoms with Gasteiger partial charge in [0.1, 0.15) is 17.6 Å². The first-order valence-corrected chi connectivity index (χ1v) is 10.7.